The minimum Gasteiger partial charge on any atom is -0.497 e. The van der Waals surface area contributed by atoms with Gasteiger partial charge < -0.3 is 19.5 Å². The highest BCUT2D eigenvalue weighted by Gasteiger charge is 2.17. The van der Waals surface area contributed by atoms with Gasteiger partial charge in [-0.05, 0) is 37.8 Å². The SMILES string of the molecule is COc1cc(NC(=O)Nc2n[nH]c3cc(OC4CCCC4)ccc23)cc(OC)c1. The van der Waals surface area contributed by atoms with E-state index in [1.165, 1.54) is 12.8 Å². The molecule has 0 aliphatic heterocycles. The number of H-pyrrole nitrogens is 1. The van der Waals surface area contributed by atoms with Crippen LogP contribution in [-0.2, 0) is 0 Å². The number of anilines is 2. The maximum absolute atomic E-state index is 12.4. The molecule has 2 aromatic carbocycles. The van der Waals surface area contributed by atoms with Crippen molar-refractivity contribution < 1.29 is 19.0 Å². The number of methoxy groups -OCH3 is 2. The van der Waals surface area contributed by atoms with Crippen LogP contribution >= 0.6 is 0 Å². The van der Waals surface area contributed by atoms with Crippen molar-refractivity contribution >= 4 is 28.4 Å². The van der Waals surface area contributed by atoms with E-state index in [9.17, 15) is 4.79 Å². The van der Waals surface area contributed by atoms with Crippen molar-refractivity contribution in [3.8, 4) is 17.2 Å². The molecule has 1 aliphatic carbocycles. The van der Waals surface area contributed by atoms with Gasteiger partial charge in [0.2, 0.25) is 0 Å². The van der Waals surface area contributed by atoms with Crippen LogP contribution in [-0.4, -0.2) is 36.6 Å². The van der Waals surface area contributed by atoms with E-state index < -0.39 is 6.03 Å². The summed E-state index contributed by atoms with van der Waals surface area (Å²) >= 11 is 0. The molecule has 1 fully saturated rings. The monoisotopic (exact) mass is 396 g/mol. The predicted octanol–water partition coefficient (Wildman–Crippen LogP) is 4.55. The average molecular weight is 396 g/mol. The van der Waals surface area contributed by atoms with E-state index in [1.807, 2.05) is 18.2 Å². The minimum absolute atomic E-state index is 0.290. The molecule has 1 aromatic heterocycles. The fourth-order valence-electron chi connectivity index (χ4n) is 3.52. The lowest BCUT2D eigenvalue weighted by Gasteiger charge is -2.12. The predicted molar refractivity (Wildman–Crippen MR) is 111 cm³/mol. The van der Waals surface area contributed by atoms with Gasteiger partial charge in [0.1, 0.15) is 17.2 Å². The summed E-state index contributed by atoms with van der Waals surface area (Å²) < 4.78 is 16.5. The van der Waals surface area contributed by atoms with E-state index in [0.717, 1.165) is 29.5 Å². The second kappa shape index (κ2) is 8.30. The Balaban J connectivity index is 1.45. The van der Waals surface area contributed by atoms with Gasteiger partial charge in [-0.1, -0.05) is 0 Å². The van der Waals surface area contributed by atoms with Crippen LogP contribution in [0.4, 0.5) is 16.3 Å². The van der Waals surface area contributed by atoms with Crippen LogP contribution in [0.25, 0.3) is 10.9 Å². The molecule has 2 amide bonds. The summed E-state index contributed by atoms with van der Waals surface area (Å²) in [6, 6.07) is 10.4. The van der Waals surface area contributed by atoms with Crippen molar-refractivity contribution in [3.63, 3.8) is 0 Å². The van der Waals surface area contributed by atoms with E-state index >= 15 is 0 Å². The summed E-state index contributed by atoms with van der Waals surface area (Å²) in [5.41, 5.74) is 1.35. The number of nitrogens with zero attached hydrogens (tertiary/aromatic N) is 1. The van der Waals surface area contributed by atoms with Crippen LogP contribution in [0.15, 0.2) is 36.4 Å². The van der Waals surface area contributed by atoms with Gasteiger partial charge in [-0.2, -0.15) is 5.10 Å². The number of rotatable bonds is 6. The lowest BCUT2D eigenvalue weighted by Crippen LogP contribution is -2.19. The second-order valence-corrected chi connectivity index (χ2v) is 6.98. The van der Waals surface area contributed by atoms with Crippen LogP contribution in [0, 0.1) is 0 Å². The molecule has 1 heterocycles. The van der Waals surface area contributed by atoms with Gasteiger partial charge in [-0.15, -0.1) is 0 Å². The second-order valence-electron chi connectivity index (χ2n) is 6.98. The molecule has 0 atom stereocenters. The topological polar surface area (TPSA) is 97.5 Å². The molecule has 0 bridgehead atoms. The van der Waals surface area contributed by atoms with Crippen molar-refractivity contribution in [3.05, 3.63) is 36.4 Å². The molecular formula is C21H24N4O4. The number of aromatic nitrogens is 2. The summed E-state index contributed by atoms with van der Waals surface area (Å²) in [6.07, 6.45) is 4.93. The number of carbonyl (C=O) groups is 1. The fourth-order valence-corrected chi connectivity index (χ4v) is 3.52. The molecule has 0 spiro atoms. The highest BCUT2D eigenvalue weighted by molar-refractivity contribution is 6.04. The zero-order valence-electron chi connectivity index (χ0n) is 16.5. The van der Waals surface area contributed by atoms with Crippen LogP contribution < -0.4 is 24.8 Å². The van der Waals surface area contributed by atoms with Crippen LogP contribution in [0.5, 0.6) is 17.2 Å². The Morgan fingerprint density at radius 2 is 1.72 bits per heavy atom. The van der Waals surface area contributed by atoms with Gasteiger partial charge in [-0.25, -0.2) is 4.79 Å². The van der Waals surface area contributed by atoms with E-state index in [-0.39, 0.29) is 0 Å². The zero-order chi connectivity index (χ0) is 20.2. The first kappa shape index (κ1) is 18.9. The summed E-state index contributed by atoms with van der Waals surface area (Å²) in [5, 5.41) is 13.5. The quantitative estimate of drug-likeness (QED) is 0.568. The number of fused-ring (bicyclic) bond motifs is 1. The molecule has 152 valence electrons. The summed E-state index contributed by atoms with van der Waals surface area (Å²) in [4.78, 5) is 12.4. The Bertz CT molecular complexity index is 989. The van der Waals surface area contributed by atoms with Crippen molar-refractivity contribution in [1.29, 1.82) is 0 Å². The zero-order valence-corrected chi connectivity index (χ0v) is 16.5. The Hall–Kier alpha value is -3.42. The molecule has 29 heavy (non-hydrogen) atoms. The Kier molecular flexibility index (Phi) is 5.41. The van der Waals surface area contributed by atoms with Crippen LogP contribution in [0.1, 0.15) is 25.7 Å². The van der Waals surface area contributed by atoms with E-state index in [1.54, 1.807) is 32.4 Å². The summed E-state index contributed by atoms with van der Waals surface area (Å²) in [6.45, 7) is 0. The van der Waals surface area contributed by atoms with E-state index in [2.05, 4.69) is 20.8 Å². The Labute approximate surface area is 168 Å². The van der Waals surface area contributed by atoms with E-state index in [0.29, 0.717) is 29.1 Å². The third kappa shape index (κ3) is 4.37. The third-order valence-corrected chi connectivity index (χ3v) is 4.98. The van der Waals surface area contributed by atoms with Gasteiger partial charge in [-0.3, -0.25) is 10.4 Å². The Morgan fingerprint density at radius 3 is 2.41 bits per heavy atom. The lowest BCUT2D eigenvalue weighted by molar-refractivity contribution is 0.210. The molecule has 3 aromatic rings. The van der Waals surface area contributed by atoms with E-state index in [4.69, 9.17) is 14.2 Å². The molecule has 0 unspecified atom stereocenters. The van der Waals surface area contributed by atoms with Crippen molar-refractivity contribution in [2.45, 2.75) is 31.8 Å². The highest BCUT2D eigenvalue weighted by Crippen LogP contribution is 2.29. The number of carbonyl (C=O) groups excluding carboxylic acids is 1. The number of aromatic amines is 1. The number of ether oxygens (including phenoxy) is 3. The normalized spacial score (nSPS) is 14.0. The van der Waals surface area contributed by atoms with Crippen LogP contribution in [0.2, 0.25) is 0 Å². The smallest absolute Gasteiger partial charge is 0.324 e. The number of hydrogen-bond donors (Lipinski definition) is 3. The number of nitrogens with one attached hydrogen (secondary N) is 3. The summed E-state index contributed by atoms with van der Waals surface area (Å²) in [7, 11) is 3.11. The fraction of sp³-hybridized carbons (Fsp3) is 0.333. The van der Waals surface area contributed by atoms with Crippen molar-refractivity contribution in [1.82, 2.24) is 10.2 Å². The van der Waals surface area contributed by atoms with Crippen molar-refractivity contribution in [2.24, 2.45) is 0 Å². The summed E-state index contributed by atoms with van der Waals surface area (Å²) in [5.74, 6) is 2.42. The standard InChI is InChI=1S/C21H24N4O4/c1-27-16-9-13(10-17(11-16)28-2)22-21(26)23-20-18-8-7-15(12-19(18)24-25-20)29-14-5-3-4-6-14/h7-12,14H,3-6H2,1-2H3,(H3,22,23,24,25,26). The van der Waals surface area contributed by atoms with Crippen LogP contribution in [0.3, 0.4) is 0 Å². The maximum atomic E-state index is 12.4. The molecule has 3 N–H and O–H groups in total. The lowest BCUT2D eigenvalue weighted by atomic mass is 10.2. The number of benzene rings is 2. The first-order valence-corrected chi connectivity index (χ1v) is 9.60. The number of amides is 2. The van der Waals surface area contributed by atoms with Gasteiger partial charge in [0, 0.05) is 35.3 Å². The van der Waals surface area contributed by atoms with Gasteiger partial charge in [0.05, 0.1) is 25.8 Å². The van der Waals surface area contributed by atoms with Gasteiger partial charge >= 0.3 is 6.03 Å². The Morgan fingerprint density at radius 1 is 1.00 bits per heavy atom. The highest BCUT2D eigenvalue weighted by atomic mass is 16.5. The van der Waals surface area contributed by atoms with Crippen molar-refractivity contribution in [2.75, 3.05) is 24.9 Å². The largest absolute Gasteiger partial charge is 0.497 e. The molecular weight excluding hydrogens is 372 g/mol. The number of hydrogen-bond acceptors (Lipinski definition) is 5. The number of urea groups is 1. The van der Waals surface area contributed by atoms with Gasteiger partial charge in [0.15, 0.2) is 5.82 Å². The molecule has 8 heteroatoms. The third-order valence-electron chi connectivity index (χ3n) is 4.98. The molecule has 0 saturated heterocycles. The van der Waals surface area contributed by atoms with Gasteiger partial charge in [0.25, 0.3) is 0 Å². The average Bonchev–Trinajstić information content (AvgIpc) is 3.37. The molecule has 8 nitrogen and oxygen atoms in total. The minimum atomic E-state index is -0.417. The molecule has 0 radical (unpaired) electrons. The first-order valence-electron chi connectivity index (χ1n) is 9.60. The molecule has 1 saturated carbocycles. The first-order chi connectivity index (χ1) is 14.1. The molecule has 1 aliphatic rings. The molecule has 4 rings (SSSR count). The maximum Gasteiger partial charge on any atom is 0.324 e.